The van der Waals surface area contributed by atoms with E-state index in [0.29, 0.717) is 42.1 Å². The van der Waals surface area contributed by atoms with Gasteiger partial charge < -0.3 is 14.5 Å². The van der Waals surface area contributed by atoms with Gasteiger partial charge in [0.25, 0.3) is 0 Å². The molecular formula is C26H27N5O3. The van der Waals surface area contributed by atoms with Crippen LogP contribution in [0.2, 0.25) is 0 Å². The van der Waals surface area contributed by atoms with E-state index in [2.05, 4.69) is 29.2 Å². The molecule has 0 spiro atoms. The van der Waals surface area contributed by atoms with E-state index in [4.69, 9.17) is 9.72 Å². The minimum absolute atomic E-state index is 0.192. The van der Waals surface area contributed by atoms with Crippen LogP contribution in [0.4, 0.5) is 16.3 Å². The molecule has 2 aliphatic heterocycles. The summed E-state index contributed by atoms with van der Waals surface area (Å²) < 4.78 is 5.45. The first-order valence-electron chi connectivity index (χ1n) is 11.4. The van der Waals surface area contributed by atoms with Gasteiger partial charge in [-0.15, -0.1) is 0 Å². The number of likely N-dealkylation sites (N-methyl/N-ethyl adjacent to an activating group) is 1. The van der Waals surface area contributed by atoms with E-state index < -0.39 is 6.17 Å². The molecule has 2 amide bonds. The van der Waals surface area contributed by atoms with Gasteiger partial charge in [0.1, 0.15) is 11.4 Å². The monoisotopic (exact) mass is 457 g/mol. The van der Waals surface area contributed by atoms with E-state index >= 15 is 0 Å². The molecule has 174 valence electrons. The highest BCUT2D eigenvalue weighted by atomic mass is 16.5. The highest BCUT2D eigenvalue weighted by Gasteiger charge is 2.42. The van der Waals surface area contributed by atoms with E-state index in [9.17, 15) is 9.59 Å². The molecule has 3 aromatic rings. The molecule has 1 fully saturated rings. The highest BCUT2D eigenvalue weighted by molar-refractivity contribution is 6.03. The Morgan fingerprint density at radius 3 is 2.47 bits per heavy atom. The molecule has 0 saturated carbocycles. The van der Waals surface area contributed by atoms with Crippen LogP contribution in [0.5, 0.6) is 5.75 Å². The normalized spacial score (nSPS) is 18.1. The number of hydrogen-bond donors (Lipinski definition) is 0. The number of rotatable bonds is 4. The van der Waals surface area contributed by atoms with E-state index in [1.165, 1.54) is 10.5 Å². The Morgan fingerprint density at radius 1 is 1.06 bits per heavy atom. The molecule has 8 nitrogen and oxygen atoms in total. The molecule has 3 heterocycles. The zero-order chi connectivity index (χ0) is 23.7. The molecule has 2 aliphatic rings. The number of methoxy groups -OCH3 is 1. The number of carbonyl (C=O) groups is 2. The second-order valence-electron chi connectivity index (χ2n) is 8.59. The molecule has 0 radical (unpaired) electrons. The second-order valence-corrected chi connectivity index (χ2v) is 8.59. The van der Waals surface area contributed by atoms with E-state index in [1.54, 1.807) is 25.3 Å². The third-order valence-electron chi connectivity index (χ3n) is 6.72. The topological polar surface area (TPSA) is 78.9 Å². The number of likely N-dealkylation sites (tertiary alicyclic amines) is 1. The number of piperidine rings is 1. The molecular weight excluding hydrogens is 430 g/mol. The molecule has 5 rings (SSSR count). The molecule has 2 aromatic carbocycles. The molecule has 1 aromatic heterocycles. The lowest BCUT2D eigenvalue weighted by Crippen LogP contribution is -2.53. The van der Waals surface area contributed by atoms with Crippen molar-refractivity contribution >= 4 is 23.8 Å². The molecule has 8 heteroatoms. The number of fused-ring (bicyclic) bond motifs is 1. The van der Waals surface area contributed by atoms with Gasteiger partial charge in [-0.05, 0) is 36.5 Å². The van der Waals surface area contributed by atoms with Crippen LogP contribution in [0.25, 0.3) is 11.4 Å². The fraction of sp³-hybridized carbons (Fsp3) is 0.308. The van der Waals surface area contributed by atoms with E-state index in [-0.39, 0.29) is 6.03 Å². The summed E-state index contributed by atoms with van der Waals surface area (Å²) in [6.07, 6.45) is 3.41. The Balaban J connectivity index is 1.40. The predicted molar refractivity (Wildman–Crippen MR) is 130 cm³/mol. The summed E-state index contributed by atoms with van der Waals surface area (Å²) in [6, 6.07) is 17.7. The zero-order valence-electron chi connectivity index (χ0n) is 19.3. The SMILES string of the molecule is COc1ccccc1-c1ncc2c(n1)N(C)C(C=O)N2C(=O)N1CCC(c2ccccc2)CC1. The Kier molecular flexibility index (Phi) is 5.88. The van der Waals surface area contributed by atoms with Crippen molar-refractivity contribution in [3.63, 3.8) is 0 Å². The first-order chi connectivity index (χ1) is 16.6. The summed E-state index contributed by atoms with van der Waals surface area (Å²) in [6.45, 7) is 1.28. The van der Waals surface area contributed by atoms with Gasteiger partial charge in [-0.25, -0.2) is 14.8 Å². The maximum atomic E-state index is 13.6. The van der Waals surface area contributed by atoms with Crippen LogP contribution >= 0.6 is 0 Å². The molecule has 34 heavy (non-hydrogen) atoms. The van der Waals surface area contributed by atoms with Gasteiger partial charge in [0.2, 0.25) is 0 Å². The highest BCUT2D eigenvalue weighted by Crippen LogP contribution is 2.39. The summed E-state index contributed by atoms with van der Waals surface area (Å²) in [7, 11) is 3.37. The van der Waals surface area contributed by atoms with Gasteiger partial charge in [0.15, 0.2) is 24.1 Å². The van der Waals surface area contributed by atoms with Crippen molar-refractivity contribution in [1.29, 1.82) is 0 Å². The fourth-order valence-electron chi connectivity index (χ4n) is 4.85. The number of aromatic nitrogens is 2. The van der Waals surface area contributed by atoms with Gasteiger partial charge >= 0.3 is 6.03 Å². The molecule has 0 aliphatic carbocycles. The number of aldehydes is 1. The average molecular weight is 458 g/mol. The fourth-order valence-corrected chi connectivity index (χ4v) is 4.85. The van der Waals surface area contributed by atoms with Crippen molar-refractivity contribution < 1.29 is 14.3 Å². The molecule has 1 saturated heterocycles. The van der Waals surface area contributed by atoms with Crippen molar-refractivity contribution in [1.82, 2.24) is 14.9 Å². The van der Waals surface area contributed by atoms with Crippen molar-refractivity contribution in [3.05, 3.63) is 66.4 Å². The van der Waals surface area contributed by atoms with Gasteiger partial charge in [-0.2, -0.15) is 0 Å². The zero-order valence-corrected chi connectivity index (χ0v) is 19.3. The first kappa shape index (κ1) is 21.9. The number of carbonyl (C=O) groups excluding carboxylic acids is 2. The first-order valence-corrected chi connectivity index (χ1v) is 11.4. The van der Waals surface area contributed by atoms with Gasteiger partial charge in [-0.1, -0.05) is 42.5 Å². The summed E-state index contributed by atoms with van der Waals surface area (Å²) >= 11 is 0. The third-order valence-corrected chi connectivity index (χ3v) is 6.72. The van der Waals surface area contributed by atoms with E-state index in [1.807, 2.05) is 35.2 Å². The second kappa shape index (κ2) is 9.13. The number of hydrogen-bond acceptors (Lipinski definition) is 6. The van der Waals surface area contributed by atoms with Gasteiger partial charge in [-0.3, -0.25) is 9.69 Å². The molecule has 1 unspecified atom stereocenters. The van der Waals surface area contributed by atoms with Crippen molar-refractivity contribution in [2.24, 2.45) is 0 Å². The van der Waals surface area contributed by atoms with Crippen LogP contribution in [0.15, 0.2) is 60.8 Å². The Labute approximate surface area is 198 Å². The van der Waals surface area contributed by atoms with Crippen LogP contribution in [0.3, 0.4) is 0 Å². The number of anilines is 2. The van der Waals surface area contributed by atoms with Crippen molar-refractivity contribution in [2.75, 3.05) is 37.0 Å². The Hall–Kier alpha value is -3.94. The standard InChI is InChI=1S/C26H27N5O3/c1-29-23(17-32)31(26(33)30-14-12-19(13-15-30)18-8-4-3-5-9-18)21-16-27-24(28-25(21)29)20-10-6-7-11-22(20)34-2/h3-11,16-17,19,23H,12-15H2,1-2H3. The minimum Gasteiger partial charge on any atom is -0.496 e. The molecule has 0 N–H and O–H groups in total. The van der Waals surface area contributed by atoms with Crippen LogP contribution in [0, 0.1) is 0 Å². The summed E-state index contributed by atoms with van der Waals surface area (Å²) in [5, 5.41) is 0. The van der Waals surface area contributed by atoms with Gasteiger partial charge in [0.05, 0.1) is 18.9 Å². The number of nitrogens with zero attached hydrogens (tertiary/aromatic N) is 5. The largest absolute Gasteiger partial charge is 0.496 e. The van der Waals surface area contributed by atoms with Crippen molar-refractivity contribution in [3.8, 4) is 17.1 Å². The Bertz CT molecular complexity index is 1190. The molecule has 0 bridgehead atoms. The lowest BCUT2D eigenvalue weighted by molar-refractivity contribution is -0.108. The lowest BCUT2D eigenvalue weighted by atomic mass is 9.89. The van der Waals surface area contributed by atoms with Crippen molar-refractivity contribution in [2.45, 2.75) is 24.9 Å². The Morgan fingerprint density at radius 2 is 1.76 bits per heavy atom. The quantitative estimate of drug-likeness (QED) is 0.553. The van der Waals surface area contributed by atoms with Gasteiger partial charge in [0, 0.05) is 20.1 Å². The smallest absolute Gasteiger partial charge is 0.326 e. The number of benzene rings is 2. The molecule has 1 atom stereocenters. The van der Waals surface area contributed by atoms with Crippen LogP contribution in [0.1, 0.15) is 24.3 Å². The summed E-state index contributed by atoms with van der Waals surface area (Å²) in [4.78, 5) is 39.9. The number of amides is 2. The minimum atomic E-state index is -0.767. The average Bonchev–Trinajstić information content (AvgIpc) is 3.19. The predicted octanol–water partition coefficient (Wildman–Crippen LogP) is 3.93. The van der Waals surface area contributed by atoms with Crippen LogP contribution in [-0.4, -0.2) is 60.6 Å². The maximum Gasteiger partial charge on any atom is 0.326 e. The number of urea groups is 1. The third kappa shape index (κ3) is 3.75. The maximum absolute atomic E-state index is 13.6. The summed E-state index contributed by atoms with van der Waals surface area (Å²) in [5.41, 5.74) is 2.59. The summed E-state index contributed by atoms with van der Waals surface area (Å²) in [5.74, 6) is 2.11. The number of para-hydroxylation sites is 1. The van der Waals surface area contributed by atoms with E-state index in [0.717, 1.165) is 24.7 Å². The van der Waals surface area contributed by atoms with Crippen LogP contribution < -0.4 is 14.5 Å². The lowest BCUT2D eigenvalue weighted by Gasteiger charge is -2.36. The van der Waals surface area contributed by atoms with Crippen LogP contribution in [-0.2, 0) is 4.79 Å². The number of ether oxygens (including phenoxy) is 1.